The van der Waals surface area contributed by atoms with Crippen LogP contribution in [-0.4, -0.2) is 66.7 Å². The number of methoxy groups -OCH3 is 2. The first kappa shape index (κ1) is 16.1. The zero-order valence-electron chi connectivity index (χ0n) is 11.1. The molecule has 6 nitrogen and oxygen atoms in total. The molecule has 2 N–H and O–H groups in total. The van der Waals surface area contributed by atoms with Crippen LogP contribution in [0, 0.1) is 0 Å². The molecule has 0 saturated carbocycles. The number of aliphatic imine (C=N–C) groups is 1. The molecule has 0 amide bonds. The minimum Gasteiger partial charge on any atom is -0.383 e. The van der Waals surface area contributed by atoms with Crippen molar-refractivity contribution in [3.05, 3.63) is 0 Å². The van der Waals surface area contributed by atoms with E-state index in [4.69, 9.17) is 14.2 Å². The summed E-state index contributed by atoms with van der Waals surface area (Å²) in [4.78, 5) is 4.09. The maximum absolute atomic E-state index is 5.34. The van der Waals surface area contributed by atoms with Crippen molar-refractivity contribution in [3.8, 4) is 0 Å². The van der Waals surface area contributed by atoms with Gasteiger partial charge in [-0.3, -0.25) is 4.99 Å². The number of rotatable bonds is 10. The molecule has 0 aliphatic heterocycles. The fourth-order valence-electron chi connectivity index (χ4n) is 1.12. The Kier molecular flexibility index (Phi) is 12.6. The molecule has 102 valence electrons. The Labute approximate surface area is 104 Å². The van der Waals surface area contributed by atoms with Gasteiger partial charge in [-0.1, -0.05) is 0 Å². The molecule has 0 aliphatic carbocycles. The van der Waals surface area contributed by atoms with E-state index in [1.807, 2.05) is 0 Å². The average Bonchev–Trinajstić information content (AvgIpc) is 2.35. The highest BCUT2D eigenvalue weighted by atomic mass is 16.5. The van der Waals surface area contributed by atoms with Crippen molar-refractivity contribution in [3.63, 3.8) is 0 Å². The van der Waals surface area contributed by atoms with Crippen molar-refractivity contribution in [2.45, 2.75) is 6.42 Å². The smallest absolute Gasteiger partial charge is 0.191 e. The highest BCUT2D eigenvalue weighted by Crippen LogP contribution is 1.82. The fourth-order valence-corrected chi connectivity index (χ4v) is 1.12. The Morgan fingerprint density at radius 1 is 0.941 bits per heavy atom. The SMILES string of the molecule is CN=C(NCCCOCCOC)NCCOC. The maximum Gasteiger partial charge on any atom is 0.191 e. The van der Waals surface area contributed by atoms with Crippen LogP contribution in [0.1, 0.15) is 6.42 Å². The monoisotopic (exact) mass is 247 g/mol. The number of nitrogens with zero attached hydrogens (tertiary/aromatic N) is 1. The Hall–Kier alpha value is -0.850. The lowest BCUT2D eigenvalue weighted by Gasteiger charge is -2.11. The highest BCUT2D eigenvalue weighted by molar-refractivity contribution is 5.79. The lowest BCUT2D eigenvalue weighted by molar-refractivity contribution is 0.0698. The summed E-state index contributed by atoms with van der Waals surface area (Å²) in [6, 6.07) is 0. The van der Waals surface area contributed by atoms with Crippen molar-refractivity contribution >= 4 is 5.96 Å². The number of hydrogen-bond acceptors (Lipinski definition) is 4. The topological polar surface area (TPSA) is 64.1 Å². The van der Waals surface area contributed by atoms with Crippen molar-refractivity contribution in [2.24, 2.45) is 4.99 Å². The van der Waals surface area contributed by atoms with E-state index in [0.717, 1.165) is 32.1 Å². The van der Waals surface area contributed by atoms with Crippen LogP contribution in [0.2, 0.25) is 0 Å². The Balaban J connectivity index is 3.32. The number of guanidine groups is 1. The van der Waals surface area contributed by atoms with Crippen LogP contribution in [0.25, 0.3) is 0 Å². The molecule has 17 heavy (non-hydrogen) atoms. The van der Waals surface area contributed by atoms with Gasteiger partial charge in [0, 0.05) is 41.0 Å². The Morgan fingerprint density at radius 2 is 1.65 bits per heavy atom. The minimum absolute atomic E-state index is 0.646. The number of nitrogens with one attached hydrogen (secondary N) is 2. The van der Waals surface area contributed by atoms with Crippen molar-refractivity contribution in [1.29, 1.82) is 0 Å². The molecular formula is C11H25N3O3. The molecule has 0 radical (unpaired) electrons. The van der Waals surface area contributed by atoms with Crippen LogP contribution in [0.3, 0.4) is 0 Å². The summed E-state index contributed by atoms with van der Waals surface area (Å²) in [5.41, 5.74) is 0. The van der Waals surface area contributed by atoms with E-state index >= 15 is 0 Å². The second kappa shape index (κ2) is 13.2. The summed E-state index contributed by atoms with van der Waals surface area (Å²) in [7, 11) is 5.09. The van der Waals surface area contributed by atoms with Gasteiger partial charge < -0.3 is 24.8 Å². The first-order valence-corrected chi connectivity index (χ1v) is 5.85. The van der Waals surface area contributed by atoms with Gasteiger partial charge in [-0.05, 0) is 6.42 Å². The first-order chi connectivity index (χ1) is 8.35. The lowest BCUT2D eigenvalue weighted by Crippen LogP contribution is -2.39. The molecule has 0 aromatic rings. The molecule has 0 bridgehead atoms. The van der Waals surface area contributed by atoms with E-state index in [1.54, 1.807) is 21.3 Å². The second-order valence-electron chi connectivity index (χ2n) is 3.38. The summed E-state index contributed by atoms with van der Waals surface area (Å²) < 4.78 is 15.2. The summed E-state index contributed by atoms with van der Waals surface area (Å²) in [6.45, 7) is 4.28. The number of ether oxygens (including phenoxy) is 3. The van der Waals surface area contributed by atoms with Gasteiger partial charge in [0.25, 0.3) is 0 Å². The van der Waals surface area contributed by atoms with Gasteiger partial charge in [0.05, 0.1) is 19.8 Å². The summed E-state index contributed by atoms with van der Waals surface area (Å²) in [6.07, 6.45) is 0.939. The first-order valence-electron chi connectivity index (χ1n) is 5.85. The molecule has 0 unspecified atom stereocenters. The van der Waals surface area contributed by atoms with Crippen molar-refractivity contribution in [2.75, 3.05) is 60.8 Å². The molecule has 0 aromatic carbocycles. The van der Waals surface area contributed by atoms with E-state index in [2.05, 4.69) is 15.6 Å². The second-order valence-corrected chi connectivity index (χ2v) is 3.38. The van der Waals surface area contributed by atoms with Crippen LogP contribution < -0.4 is 10.6 Å². The summed E-state index contributed by atoms with van der Waals surface area (Å²) >= 11 is 0. The van der Waals surface area contributed by atoms with E-state index in [0.29, 0.717) is 19.8 Å². The molecule has 0 aliphatic rings. The predicted octanol–water partition coefficient (Wildman–Crippen LogP) is -0.149. The average molecular weight is 247 g/mol. The standard InChI is InChI=1S/C11H25N3O3/c1-12-11(14-6-8-15-2)13-5-4-7-17-10-9-16-3/h4-10H2,1-3H3,(H2,12,13,14). The fraction of sp³-hybridized carbons (Fsp3) is 0.909. The predicted molar refractivity (Wildman–Crippen MR) is 68.6 cm³/mol. The summed E-state index contributed by atoms with van der Waals surface area (Å²) in [5.74, 6) is 0.791. The maximum atomic E-state index is 5.34. The van der Waals surface area contributed by atoms with Crippen LogP contribution in [0.5, 0.6) is 0 Å². The van der Waals surface area contributed by atoms with E-state index in [-0.39, 0.29) is 0 Å². The third-order valence-electron chi connectivity index (χ3n) is 2.01. The molecule has 0 atom stereocenters. The van der Waals surface area contributed by atoms with Crippen LogP contribution >= 0.6 is 0 Å². The molecule has 6 heteroatoms. The van der Waals surface area contributed by atoms with Gasteiger partial charge in [-0.15, -0.1) is 0 Å². The van der Waals surface area contributed by atoms with Gasteiger partial charge in [-0.25, -0.2) is 0 Å². The van der Waals surface area contributed by atoms with Crippen molar-refractivity contribution in [1.82, 2.24) is 10.6 Å². The molecule has 0 fully saturated rings. The third-order valence-corrected chi connectivity index (χ3v) is 2.01. The lowest BCUT2D eigenvalue weighted by atomic mass is 10.4. The largest absolute Gasteiger partial charge is 0.383 e. The van der Waals surface area contributed by atoms with Crippen molar-refractivity contribution < 1.29 is 14.2 Å². The normalized spacial score (nSPS) is 11.6. The van der Waals surface area contributed by atoms with Gasteiger partial charge >= 0.3 is 0 Å². The van der Waals surface area contributed by atoms with E-state index < -0.39 is 0 Å². The molecular weight excluding hydrogens is 222 g/mol. The highest BCUT2D eigenvalue weighted by Gasteiger charge is 1.95. The molecule has 0 aromatic heterocycles. The van der Waals surface area contributed by atoms with Crippen LogP contribution in [-0.2, 0) is 14.2 Å². The van der Waals surface area contributed by atoms with Gasteiger partial charge in [0.2, 0.25) is 0 Å². The number of hydrogen-bond donors (Lipinski definition) is 2. The van der Waals surface area contributed by atoms with E-state index in [9.17, 15) is 0 Å². The third kappa shape index (κ3) is 11.4. The van der Waals surface area contributed by atoms with Gasteiger partial charge in [0.1, 0.15) is 0 Å². The molecule has 0 spiro atoms. The molecule has 0 heterocycles. The minimum atomic E-state index is 0.646. The van der Waals surface area contributed by atoms with E-state index in [1.165, 1.54) is 0 Å². The zero-order chi connectivity index (χ0) is 12.8. The van der Waals surface area contributed by atoms with Gasteiger partial charge in [-0.2, -0.15) is 0 Å². The quantitative estimate of drug-likeness (QED) is 0.319. The molecule has 0 rings (SSSR count). The van der Waals surface area contributed by atoms with Crippen LogP contribution in [0.15, 0.2) is 4.99 Å². The Bertz CT molecular complexity index is 189. The van der Waals surface area contributed by atoms with Gasteiger partial charge in [0.15, 0.2) is 5.96 Å². The molecule has 0 saturated heterocycles. The Morgan fingerprint density at radius 3 is 2.29 bits per heavy atom. The van der Waals surface area contributed by atoms with Crippen LogP contribution in [0.4, 0.5) is 0 Å². The zero-order valence-corrected chi connectivity index (χ0v) is 11.1. The summed E-state index contributed by atoms with van der Waals surface area (Å²) in [5, 5.41) is 6.33.